The van der Waals surface area contributed by atoms with Gasteiger partial charge in [-0.15, -0.1) is 0 Å². The van der Waals surface area contributed by atoms with Gasteiger partial charge in [0.25, 0.3) is 0 Å². The third kappa shape index (κ3) is 4.73. The fourth-order valence-electron chi connectivity index (χ4n) is 2.83. The minimum Gasteiger partial charge on any atom is -0.465 e. The van der Waals surface area contributed by atoms with Crippen LogP contribution in [0.3, 0.4) is 0 Å². The molecule has 11 heteroatoms. The number of benzene rings is 1. The molecular weight excluding hydrogens is 423 g/mol. The van der Waals surface area contributed by atoms with Crippen LogP contribution in [-0.4, -0.2) is 42.0 Å². The summed E-state index contributed by atoms with van der Waals surface area (Å²) in [6.07, 6.45) is -3.60. The molecule has 1 aromatic carbocycles. The number of carbonyl (C=O) groups excluding carboxylic acids is 1. The third-order valence-corrected chi connectivity index (χ3v) is 5.30. The lowest BCUT2D eigenvalue weighted by Crippen LogP contribution is -2.16. The number of aromatic nitrogens is 3. The third-order valence-electron chi connectivity index (χ3n) is 4.19. The Morgan fingerprint density at radius 2 is 1.87 bits per heavy atom. The van der Waals surface area contributed by atoms with Crippen molar-refractivity contribution < 1.29 is 31.1 Å². The summed E-state index contributed by atoms with van der Waals surface area (Å²) in [4.78, 5) is 14.9. The summed E-state index contributed by atoms with van der Waals surface area (Å²) >= 11 is 0. The number of nitrogens with one attached hydrogen (secondary N) is 1. The van der Waals surface area contributed by atoms with E-state index in [1.807, 2.05) is 0 Å². The molecule has 160 valence electrons. The van der Waals surface area contributed by atoms with Crippen molar-refractivity contribution in [3.63, 3.8) is 0 Å². The van der Waals surface area contributed by atoms with Gasteiger partial charge < -0.3 is 9.72 Å². The summed E-state index contributed by atoms with van der Waals surface area (Å²) in [6, 6.07) is 10.1. The highest BCUT2D eigenvalue weighted by Gasteiger charge is 2.35. The van der Waals surface area contributed by atoms with Gasteiger partial charge in [0.05, 0.1) is 22.9 Å². The van der Waals surface area contributed by atoms with E-state index in [9.17, 15) is 26.4 Å². The van der Waals surface area contributed by atoms with Crippen LogP contribution in [0.5, 0.6) is 0 Å². The zero-order valence-electron chi connectivity index (χ0n) is 16.0. The first-order valence-corrected chi connectivity index (χ1v) is 10.7. The first-order chi connectivity index (χ1) is 14.0. The number of rotatable bonds is 6. The van der Waals surface area contributed by atoms with Crippen LogP contribution in [0.2, 0.25) is 0 Å². The van der Waals surface area contributed by atoms with Gasteiger partial charge in [-0.2, -0.15) is 18.3 Å². The molecule has 0 saturated carbocycles. The molecule has 0 amide bonds. The van der Waals surface area contributed by atoms with E-state index in [-0.39, 0.29) is 22.9 Å². The van der Waals surface area contributed by atoms with Crippen LogP contribution in [0.25, 0.3) is 22.6 Å². The average Bonchev–Trinajstić information content (AvgIpc) is 3.28. The molecule has 2 aromatic heterocycles. The minimum atomic E-state index is -4.69. The van der Waals surface area contributed by atoms with Crippen molar-refractivity contribution in [2.24, 2.45) is 0 Å². The number of esters is 1. The molecule has 0 radical (unpaired) electrons. The number of alkyl halides is 3. The number of H-pyrrole nitrogens is 1. The molecule has 7 nitrogen and oxygen atoms in total. The van der Waals surface area contributed by atoms with Crippen molar-refractivity contribution in [1.29, 1.82) is 0 Å². The molecule has 0 atom stereocenters. The molecule has 1 N–H and O–H groups in total. The summed E-state index contributed by atoms with van der Waals surface area (Å²) in [7, 11) is -3.42. The van der Waals surface area contributed by atoms with Crippen molar-refractivity contribution in [2.75, 3.05) is 12.9 Å². The van der Waals surface area contributed by atoms with E-state index >= 15 is 0 Å². The van der Waals surface area contributed by atoms with E-state index in [4.69, 9.17) is 4.74 Å². The topological polar surface area (TPSA) is 94.1 Å². The van der Waals surface area contributed by atoms with Crippen LogP contribution >= 0.6 is 0 Å². The Bertz CT molecular complexity index is 1180. The lowest BCUT2D eigenvalue weighted by molar-refractivity contribution is -0.146. The highest BCUT2D eigenvalue weighted by molar-refractivity contribution is 7.90. The molecule has 0 spiro atoms. The van der Waals surface area contributed by atoms with Gasteiger partial charge in [-0.05, 0) is 42.8 Å². The first kappa shape index (κ1) is 21.6. The van der Waals surface area contributed by atoms with Crippen LogP contribution in [0.4, 0.5) is 13.2 Å². The fraction of sp³-hybridized carbons (Fsp3) is 0.263. The summed E-state index contributed by atoms with van der Waals surface area (Å²) in [5.74, 6) is -0.719. The summed E-state index contributed by atoms with van der Waals surface area (Å²) in [5, 5.41) is 3.50. The molecule has 0 aliphatic carbocycles. The molecule has 2 heterocycles. The van der Waals surface area contributed by atoms with Crippen molar-refractivity contribution in [3.8, 4) is 22.6 Å². The van der Waals surface area contributed by atoms with Gasteiger partial charge in [0.15, 0.2) is 15.5 Å². The van der Waals surface area contributed by atoms with Gasteiger partial charge in [-0.25, -0.2) is 8.42 Å². The van der Waals surface area contributed by atoms with Crippen LogP contribution in [0, 0.1) is 0 Å². The summed E-state index contributed by atoms with van der Waals surface area (Å²) in [6.45, 7) is 1.19. The Morgan fingerprint density at radius 1 is 1.17 bits per heavy atom. The maximum absolute atomic E-state index is 13.1. The van der Waals surface area contributed by atoms with E-state index in [0.29, 0.717) is 11.3 Å². The van der Waals surface area contributed by atoms with E-state index in [1.54, 1.807) is 25.1 Å². The largest absolute Gasteiger partial charge is 0.465 e. The lowest BCUT2D eigenvalue weighted by Gasteiger charge is -2.06. The van der Waals surface area contributed by atoms with Gasteiger partial charge in [-0.3, -0.25) is 9.48 Å². The maximum atomic E-state index is 13.1. The Labute approximate surface area is 170 Å². The summed E-state index contributed by atoms with van der Waals surface area (Å²) < 4.78 is 68.7. The van der Waals surface area contributed by atoms with Crippen molar-refractivity contribution in [2.45, 2.75) is 24.5 Å². The quantitative estimate of drug-likeness (QED) is 0.591. The number of hydrogen-bond donors (Lipinski definition) is 1. The smallest absolute Gasteiger partial charge is 0.435 e. The normalized spacial score (nSPS) is 12.2. The van der Waals surface area contributed by atoms with Crippen molar-refractivity contribution in [3.05, 3.63) is 48.2 Å². The Kier molecular flexibility index (Phi) is 5.75. The minimum absolute atomic E-state index is 0.0425. The molecule has 30 heavy (non-hydrogen) atoms. The molecule has 0 saturated heterocycles. The van der Waals surface area contributed by atoms with Crippen LogP contribution < -0.4 is 0 Å². The van der Waals surface area contributed by atoms with E-state index in [0.717, 1.165) is 17.0 Å². The van der Waals surface area contributed by atoms with Gasteiger partial charge >= 0.3 is 12.1 Å². The van der Waals surface area contributed by atoms with Crippen molar-refractivity contribution in [1.82, 2.24) is 14.8 Å². The number of halogens is 3. The van der Waals surface area contributed by atoms with Gasteiger partial charge in [0.2, 0.25) is 0 Å². The predicted octanol–water partition coefficient (Wildman–Crippen LogP) is 3.53. The SMILES string of the molecule is CCOC(=O)Cn1nc(C(F)(F)F)cc1-c1ccc(-c2cccc(S(C)(=O)=O)c2)[nH]1. The van der Waals surface area contributed by atoms with Gasteiger partial charge in [-0.1, -0.05) is 12.1 Å². The highest BCUT2D eigenvalue weighted by atomic mass is 32.2. The second-order valence-electron chi connectivity index (χ2n) is 6.46. The highest BCUT2D eigenvalue weighted by Crippen LogP contribution is 2.33. The maximum Gasteiger partial charge on any atom is 0.435 e. The monoisotopic (exact) mass is 441 g/mol. The molecule has 0 aliphatic rings. The second kappa shape index (κ2) is 7.98. The number of aromatic amines is 1. The Balaban J connectivity index is 2.02. The van der Waals surface area contributed by atoms with E-state index in [2.05, 4.69) is 10.1 Å². The first-order valence-electron chi connectivity index (χ1n) is 8.79. The molecule has 0 aliphatic heterocycles. The number of carbonyl (C=O) groups is 1. The fourth-order valence-corrected chi connectivity index (χ4v) is 3.50. The standard InChI is InChI=1S/C19H18F3N3O4S/c1-3-29-18(26)11-25-16(10-17(24-25)19(20,21)22)15-8-7-14(23-15)12-5-4-6-13(9-12)30(2,27)28/h4-10,23H,3,11H2,1-2H3. The van der Waals surface area contributed by atoms with Crippen LogP contribution in [0.1, 0.15) is 12.6 Å². The summed E-state index contributed by atoms with van der Waals surface area (Å²) in [5.41, 5.74) is 0.213. The van der Waals surface area contributed by atoms with E-state index in [1.165, 1.54) is 18.2 Å². The van der Waals surface area contributed by atoms with Gasteiger partial charge in [0, 0.05) is 11.9 Å². The zero-order chi connectivity index (χ0) is 22.1. The van der Waals surface area contributed by atoms with E-state index < -0.39 is 34.2 Å². The molecule has 0 unspecified atom stereocenters. The number of nitrogens with zero attached hydrogens (tertiary/aromatic N) is 2. The number of ether oxygens (including phenoxy) is 1. The zero-order valence-corrected chi connectivity index (χ0v) is 16.8. The average molecular weight is 441 g/mol. The van der Waals surface area contributed by atoms with Crippen molar-refractivity contribution >= 4 is 15.8 Å². The predicted molar refractivity (Wildman–Crippen MR) is 102 cm³/mol. The second-order valence-corrected chi connectivity index (χ2v) is 8.48. The lowest BCUT2D eigenvalue weighted by atomic mass is 10.2. The molecular formula is C19H18F3N3O4S. The molecule has 3 aromatic rings. The number of hydrogen-bond acceptors (Lipinski definition) is 5. The number of sulfone groups is 1. The van der Waals surface area contributed by atoms with Crippen LogP contribution in [-0.2, 0) is 32.1 Å². The molecule has 0 bridgehead atoms. The Morgan fingerprint density at radius 3 is 2.50 bits per heavy atom. The molecule has 0 fully saturated rings. The molecule has 3 rings (SSSR count). The van der Waals surface area contributed by atoms with Gasteiger partial charge in [0.1, 0.15) is 6.54 Å². The van der Waals surface area contributed by atoms with Crippen LogP contribution in [0.15, 0.2) is 47.4 Å². The Hall–Kier alpha value is -3.08.